The van der Waals surface area contributed by atoms with Gasteiger partial charge in [0, 0.05) is 28.9 Å². The van der Waals surface area contributed by atoms with E-state index in [2.05, 4.69) is 10.3 Å². The Morgan fingerprint density at radius 3 is 3.06 bits per heavy atom. The number of benzene rings is 1. The van der Waals surface area contributed by atoms with E-state index in [0.29, 0.717) is 11.4 Å². The fourth-order valence-corrected chi connectivity index (χ4v) is 3.22. The van der Waals surface area contributed by atoms with Gasteiger partial charge >= 0.3 is 0 Å². The Hall–Kier alpha value is -1.14. The van der Waals surface area contributed by atoms with Crippen LogP contribution in [0, 0.1) is 0 Å². The molecule has 1 heterocycles. The van der Waals surface area contributed by atoms with Crippen molar-refractivity contribution >= 4 is 43.7 Å². The van der Waals surface area contributed by atoms with Gasteiger partial charge in [0.1, 0.15) is 5.52 Å². The van der Waals surface area contributed by atoms with Crippen molar-refractivity contribution < 1.29 is 4.21 Å². The molecule has 0 aliphatic carbocycles. The SMILES string of the molecule is CC(CS(C)=O)Nc1ccc2scnc2c1N. The van der Waals surface area contributed by atoms with Gasteiger partial charge in [-0.25, -0.2) is 4.98 Å². The van der Waals surface area contributed by atoms with E-state index in [4.69, 9.17) is 5.73 Å². The van der Waals surface area contributed by atoms with E-state index < -0.39 is 10.8 Å². The monoisotopic (exact) mass is 269 g/mol. The zero-order valence-electron chi connectivity index (χ0n) is 9.77. The Balaban J connectivity index is 2.23. The lowest BCUT2D eigenvalue weighted by atomic mass is 10.2. The van der Waals surface area contributed by atoms with Crippen LogP contribution in [0.25, 0.3) is 10.2 Å². The molecule has 0 aliphatic rings. The van der Waals surface area contributed by atoms with Crippen molar-refractivity contribution in [1.82, 2.24) is 4.98 Å². The van der Waals surface area contributed by atoms with Gasteiger partial charge in [-0.15, -0.1) is 11.3 Å². The highest BCUT2D eigenvalue weighted by atomic mass is 32.2. The molecule has 0 spiro atoms. The number of nitrogens with zero attached hydrogens (tertiary/aromatic N) is 1. The molecule has 3 N–H and O–H groups in total. The predicted octanol–water partition coefficient (Wildman–Crippen LogP) is 2.06. The van der Waals surface area contributed by atoms with Crippen LogP contribution in [-0.2, 0) is 10.8 Å². The minimum Gasteiger partial charge on any atom is -0.395 e. The van der Waals surface area contributed by atoms with Crippen LogP contribution in [0.5, 0.6) is 0 Å². The predicted molar refractivity (Wildman–Crippen MR) is 76.1 cm³/mol. The van der Waals surface area contributed by atoms with Gasteiger partial charge in [0.2, 0.25) is 0 Å². The molecule has 0 saturated heterocycles. The maximum Gasteiger partial charge on any atom is 0.106 e. The molecule has 0 bridgehead atoms. The molecule has 92 valence electrons. The van der Waals surface area contributed by atoms with Crippen molar-refractivity contribution in [2.24, 2.45) is 0 Å². The molecular formula is C11H15N3OS2. The van der Waals surface area contributed by atoms with E-state index in [1.54, 1.807) is 23.1 Å². The van der Waals surface area contributed by atoms with Gasteiger partial charge in [-0.05, 0) is 19.1 Å². The third-order valence-corrected chi connectivity index (χ3v) is 4.19. The topological polar surface area (TPSA) is 68.0 Å². The lowest BCUT2D eigenvalue weighted by Gasteiger charge is -2.15. The first-order chi connectivity index (χ1) is 8.08. The van der Waals surface area contributed by atoms with E-state index in [9.17, 15) is 4.21 Å². The molecular weight excluding hydrogens is 254 g/mol. The van der Waals surface area contributed by atoms with Gasteiger partial charge in [-0.3, -0.25) is 4.21 Å². The summed E-state index contributed by atoms with van der Waals surface area (Å²) < 4.78 is 12.2. The molecule has 0 fully saturated rings. The number of nitrogens with two attached hydrogens (primary N) is 1. The summed E-state index contributed by atoms with van der Waals surface area (Å²) in [6.45, 7) is 1.99. The van der Waals surface area contributed by atoms with Crippen LogP contribution in [0.2, 0.25) is 0 Å². The molecule has 4 nitrogen and oxygen atoms in total. The number of hydrogen-bond acceptors (Lipinski definition) is 5. The number of thiazole rings is 1. The highest BCUT2D eigenvalue weighted by molar-refractivity contribution is 7.84. The average Bonchev–Trinajstić information content (AvgIpc) is 2.69. The Morgan fingerprint density at radius 2 is 2.35 bits per heavy atom. The van der Waals surface area contributed by atoms with Crippen LogP contribution in [0.4, 0.5) is 11.4 Å². The van der Waals surface area contributed by atoms with Gasteiger partial charge < -0.3 is 11.1 Å². The van der Waals surface area contributed by atoms with E-state index >= 15 is 0 Å². The number of rotatable bonds is 4. The number of aromatic nitrogens is 1. The largest absolute Gasteiger partial charge is 0.395 e. The third kappa shape index (κ3) is 2.76. The molecule has 6 heteroatoms. The molecule has 0 aliphatic heterocycles. The second-order valence-electron chi connectivity index (χ2n) is 4.01. The third-order valence-electron chi connectivity index (χ3n) is 2.43. The normalized spacial score (nSPS) is 14.7. The molecule has 2 unspecified atom stereocenters. The van der Waals surface area contributed by atoms with Crippen molar-refractivity contribution in [3.8, 4) is 0 Å². The maximum atomic E-state index is 11.1. The lowest BCUT2D eigenvalue weighted by molar-refractivity contribution is 0.683. The van der Waals surface area contributed by atoms with Gasteiger partial charge in [0.05, 0.1) is 21.6 Å². The second kappa shape index (κ2) is 5.01. The summed E-state index contributed by atoms with van der Waals surface area (Å²) in [4.78, 5) is 4.24. The Bertz CT molecular complexity index is 553. The quantitative estimate of drug-likeness (QED) is 0.834. The summed E-state index contributed by atoms with van der Waals surface area (Å²) >= 11 is 1.57. The number of hydrogen-bond donors (Lipinski definition) is 2. The Morgan fingerprint density at radius 1 is 1.59 bits per heavy atom. The smallest absolute Gasteiger partial charge is 0.106 e. The summed E-state index contributed by atoms with van der Waals surface area (Å²) in [7, 11) is -0.812. The molecule has 0 amide bonds. The fraction of sp³-hybridized carbons (Fsp3) is 0.364. The van der Waals surface area contributed by atoms with Gasteiger partial charge in [-0.1, -0.05) is 0 Å². The summed E-state index contributed by atoms with van der Waals surface area (Å²) in [6.07, 6.45) is 1.70. The van der Waals surface area contributed by atoms with E-state index in [1.165, 1.54) is 0 Å². The number of nitrogens with one attached hydrogen (secondary N) is 1. The fourth-order valence-electron chi connectivity index (χ4n) is 1.74. The van der Waals surface area contributed by atoms with E-state index in [0.717, 1.165) is 15.9 Å². The van der Waals surface area contributed by atoms with Crippen LogP contribution in [0.1, 0.15) is 6.92 Å². The Kier molecular flexibility index (Phi) is 3.63. The number of anilines is 2. The number of nitrogen functional groups attached to an aromatic ring is 1. The first kappa shape index (κ1) is 12.3. The van der Waals surface area contributed by atoms with E-state index in [-0.39, 0.29) is 6.04 Å². The molecule has 0 radical (unpaired) electrons. The van der Waals surface area contributed by atoms with Crippen LogP contribution in [0.15, 0.2) is 17.6 Å². The van der Waals surface area contributed by atoms with E-state index in [1.807, 2.05) is 19.1 Å². The van der Waals surface area contributed by atoms with Gasteiger partial charge in [0.15, 0.2) is 0 Å². The summed E-state index contributed by atoms with van der Waals surface area (Å²) in [5, 5.41) is 3.27. The minimum absolute atomic E-state index is 0.124. The summed E-state index contributed by atoms with van der Waals surface area (Å²) in [5.41, 5.74) is 10.2. The molecule has 1 aromatic carbocycles. The van der Waals surface area contributed by atoms with Crippen molar-refractivity contribution in [1.29, 1.82) is 0 Å². The summed E-state index contributed by atoms with van der Waals surface area (Å²) in [6, 6.07) is 4.07. The maximum absolute atomic E-state index is 11.1. The molecule has 2 rings (SSSR count). The molecule has 2 atom stereocenters. The van der Waals surface area contributed by atoms with Crippen molar-refractivity contribution in [3.05, 3.63) is 17.6 Å². The molecule has 2 aromatic rings. The lowest BCUT2D eigenvalue weighted by Crippen LogP contribution is -2.22. The first-order valence-electron chi connectivity index (χ1n) is 5.26. The van der Waals surface area contributed by atoms with Crippen molar-refractivity contribution in [3.63, 3.8) is 0 Å². The summed E-state index contributed by atoms with van der Waals surface area (Å²) in [5.74, 6) is 0.606. The van der Waals surface area contributed by atoms with Crippen molar-refractivity contribution in [2.45, 2.75) is 13.0 Å². The van der Waals surface area contributed by atoms with Gasteiger partial charge in [-0.2, -0.15) is 0 Å². The molecule has 1 aromatic heterocycles. The Labute approximate surface area is 107 Å². The average molecular weight is 269 g/mol. The highest BCUT2D eigenvalue weighted by Gasteiger charge is 2.10. The van der Waals surface area contributed by atoms with Crippen LogP contribution in [0.3, 0.4) is 0 Å². The number of fused-ring (bicyclic) bond motifs is 1. The van der Waals surface area contributed by atoms with Gasteiger partial charge in [0.25, 0.3) is 0 Å². The molecule has 0 saturated carbocycles. The first-order valence-corrected chi connectivity index (χ1v) is 7.87. The standard InChI is InChI=1S/C11H15N3OS2/c1-7(5-17(2)15)14-8-3-4-9-11(10(8)12)13-6-16-9/h3-4,6-7,14H,5,12H2,1-2H3. The van der Waals surface area contributed by atoms with Crippen LogP contribution >= 0.6 is 11.3 Å². The zero-order valence-corrected chi connectivity index (χ0v) is 11.4. The molecule has 17 heavy (non-hydrogen) atoms. The minimum atomic E-state index is -0.812. The van der Waals surface area contributed by atoms with Crippen LogP contribution in [-0.4, -0.2) is 27.2 Å². The zero-order chi connectivity index (χ0) is 12.4. The van der Waals surface area contributed by atoms with Crippen LogP contribution < -0.4 is 11.1 Å². The second-order valence-corrected chi connectivity index (χ2v) is 6.38. The van der Waals surface area contributed by atoms with Crippen molar-refractivity contribution in [2.75, 3.05) is 23.1 Å². The highest BCUT2D eigenvalue weighted by Crippen LogP contribution is 2.30.